The van der Waals surface area contributed by atoms with Crippen LogP contribution in [0.4, 0.5) is 5.82 Å². The second kappa shape index (κ2) is 8.77. The number of aromatic nitrogens is 1. The molecule has 144 valence electrons. The van der Waals surface area contributed by atoms with Crippen LogP contribution in [0.25, 0.3) is 0 Å². The van der Waals surface area contributed by atoms with Gasteiger partial charge in [0.15, 0.2) is 0 Å². The van der Waals surface area contributed by atoms with Crippen molar-refractivity contribution < 1.29 is 17.9 Å². The SMILES string of the molecule is O=C(Nc1ccc(Br)cn1)C1CCN(S(=O)(=O)CC2CCCCO2)CC1. The zero-order valence-electron chi connectivity index (χ0n) is 14.6. The zero-order valence-corrected chi connectivity index (χ0v) is 17.0. The minimum Gasteiger partial charge on any atom is -0.377 e. The Kier molecular flexibility index (Phi) is 6.65. The second-order valence-corrected chi connectivity index (χ2v) is 9.72. The highest BCUT2D eigenvalue weighted by Crippen LogP contribution is 2.23. The number of ether oxygens (including phenoxy) is 1. The Labute approximate surface area is 162 Å². The van der Waals surface area contributed by atoms with Crippen molar-refractivity contribution in [3.05, 3.63) is 22.8 Å². The Balaban J connectivity index is 1.49. The average Bonchev–Trinajstić information content (AvgIpc) is 2.64. The van der Waals surface area contributed by atoms with Gasteiger partial charge in [-0.1, -0.05) is 0 Å². The minimum absolute atomic E-state index is 0.0483. The summed E-state index contributed by atoms with van der Waals surface area (Å²) in [5.74, 6) is 0.250. The summed E-state index contributed by atoms with van der Waals surface area (Å²) in [4.78, 5) is 16.5. The standard InChI is InChI=1S/C17H24BrN3O4S/c18-14-4-5-16(19-11-14)20-17(22)13-6-8-21(9-7-13)26(23,24)12-15-3-1-2-10-25-15/h4-5,11,13,15H,1-3,6-10,12H2,(H,19,20,22). The Hall–Kier alpha value is -1.03. The van der Waals surface area contributed by atoms with Gasteiger partial charge in [-0.05, 0) is 60.2 Å². The molecule has 2 saturated heterocycles. The first-order valence-electron chi connectivity index (χ1n) is 8.96. The summed E-state index contributed by atoms with van der Waals surface area (Å²) in [6.07, 6.45) is 5.30. The molecule has 1 atom stereocenters. The molecular weight excluding hydrogens is 422 g/mol. The number of sulfonamides is 1. The van der Waals surface area contributed by atoms with E-state index >= 15 is 0 Å². The third-order valence-corrected chi connectivity index (χ3v) is 7.28. The van der Waals surface area contributed by atoms with Crippen LogP contribution in [0.5, 0.6) is 0 Å². The Morgan fingerprint density at radius 2 is 2.04 bits per heavy atom. The van der Waals surface area contributed by atoms with E-state index in [1.807, 2.05) is 6.07 Å². The summed E-state index contributed by atoms with van der Waals surface area (Å²) in [5.41, 5.74) is 0. The van der Waals surface area contributed by atoms with E-state index < -0.39 is 10.0 Å². The van der Waals surface area contributed by atoms with Gasteiger partial charge >= 0.3 is 0 Å². The smallest absolute Gasteiger partial charge is 0.228 e. The Morgan fingerprint density at radius 3 is 2.65 bits per heavy atom. The fourth-order valence-electron chi connectivity index (χ4n) is 3.35. The van der Waals surface area contributed by atoms with Crippen molar-refractivity contribution in [3.8, 4) is 0 Å². The van der Waals surface area contributed by atoms with Crippen molar-refractivity contribution in [1.82, 2.24) is 9.29 Å². The number of halogens is 1. The normalized spacial score (nSPS) is 22.9. The largest absolute Gasteiger partial charge is 0.377 e. The molecule has 2 fully saturated rings. The molecule has 0 aliphatic carbocycles. The van der Waals surface area contributed by atoms with Crippen LogP contribution in [0.1, 0.15) is 32.1 Å². The van der Waals surface area contributed by atoms with Crippen molar-refractivity contribution in [1.29, 1.82) is 0 Å². The molecule has 0 aromatic carbocycles. The van der Waals surface area contributed by atoms with Gasteiger partial charge in [0.2, 0.25) is 15.9 Å². The van der Waals surface area contributed by atoms with Crippen LogP contribution in [0.2, 0.25) is 0 Å². The molecule has 0 bridgehead atoms. The van der Waals surface area contributed by atoms with Gasteiger partial charge in [-0.2, -0.15) is 0 Å². The van der Waals surface area contributed by atoms with Gasteiger partial charge in [0.05, 0.1) is 11.9 Å². The lowest BCUT2D eigenvalue weighted by Crippen LogP contribution is -2.44. The number of amides is 1. The highest BCUT2D eigenvalue weighted by atomic mass is 79.9. The number of anilines is 1. The van der Waals surface area contributed by atoms with E-state index in [4.69, 9.17) is 4.74 Å². The summed E-state index contributed by atoms with van der Waals surface area (Å²) >= 11 is 3.30. The molecule has 9 heteroatoms. The number of nitrogens with zero attached hydrogens (tertiary/aromatic N) is 2. The molecule has 26 heavy (non-hydrogen) atoms. The number of piperidine rings is 1. The number of carbonyl (C=O) groups excluding carboxylic acids is 1. The fraction of sp³-hybridized carbons (Fsp3) is 0.647. The monoisotopic (exact) mass is 445 g/mol. The first-order chi connectivity index (χ1) is 12.4. The van der Waals surface area contributed by atoms with Gasteiger partial charge in [-0.25, -0.2) is 17.7 Å². The van der Waals surface area contributed by atoms with Crippen LogP contribution in [-0.4, -0.2) is 55.2 Å². The summed E-state index contributed by atoms with van der Waals surface area (Å²) in [6, 6.07) is 3.54. The van der Waals surface area contributed by atoms with Gasteiger partial charge in [0, 0.05) is 36.3 Å². The lowest BCUT2D eigenvalue weighted by atomic mass is 9.97. The number of nitrogens with one attached hydrogen (secondary N) is 1. The van der Waals surface area contributed by atoms with Crippen LogP contribution < -0.4 is 5.32 Å². The molecule has 0 saturated carbocycles. The Morgan fingerprint density at radius 1 is 1.27 bits per heavy atom. The number of hydrogen-bond acceptors (Lipinski definition) is 5. The van der Waals surface area contributed by atoms with E-state index in [1.165, 1.54) is 4.31 Å². The summed E-state index contributed by atoms with van der Waals surface area (Å²) in [6.45, 7) is 1.40. The minimum atomic E-state index is -3.34. The average molecular weight is 446 g/mol. The molecule has 1 unspecified atom stereocenters. The van der Waals surface area contributed by atoms with E-state index in [0.29, 0.717) is 38.4 Å². The lowest BCUT2D eigenvalue weighted by Gasteiger charge is -2.32. The van der Waals surface area contributed by atoms with Crippen LogP contribution in [0.3, 0.4) is 0 Å². The predicted octanol–water partition coefficient (Wildman–Crippen LogP) is 2.39. The molecule has 1 amide bonds. The maximum atomic E-state index is 12.6. The van der Waals surface area contributed by atoms with Crippen LogP contribution >= 0.6 is 15.9 Å². The molecule has 7 nitrogen and oxygen atoms in total. The highest BCUT2D eigenvalue weighted by Gasteiger charge is 2.33. The number of rotatable bonds is 5. The van der Waals surface area contributed by atoms with E-state index in [0.717, 1.165) is 23.7 Å². The molecule has 0 spiro atoms. The molecule has 2 aliphatic heterocycles. The number of carbonyl (C=O) groups is 1. The quantitative estimate of drug-likeness (QED) is 0.751. The molecule has 1 aromatic rings. The van der Waals surface area contributed by atoms with Crippen molar-refractivity contribution in [2.75, 3.05) is 30.8 Å². The molecule has 1 N–H and O–H groups in total. The van der Waals surface area contributed by atoms with Crippen molar-refractivity contribution in [2.24, 2.45) is 5.92 Å². The van der Waals surface area contributed by atoms with Gasteiger partial charge in [0.1, 0.15) is 5.82 Å². The Bertz CT molecular complexity index is 712. The van der Waals surface area contributed by atoms with Gasteiger partial charge in [-0.15, -0.1) is 0 Å². The number of pyridine rings is 1. The van der Waals surface area contributed by atoms with E-state index in [2.05, 4.69) is 26.2 Å². The summed E-state index contributed by atoms with van der Waals surface area (Å²) in [7, 11) is -3.34. The second-order valence-electron chi connectivity index (χ2n) is 6.79. The maximum absolute atomic E-state index is 12.6. The molecule has 3 heterocycles. The van der Waals surface area contributed by atoms with Crippen LogP contribution in [0, 0.1) is 5.92 Å². The molecule has 0 radical (unpaired) electrons. The van der Waals surface area contributed by atoms with Crippen molar-refractivity contribution >= 4 is 37.7 Å². The lowest BCUT2D eigenvalue weighted by molar-refractivity contribution is -0.120. The maximum Gasteiger partial charge on any atom is 0.228 e. The summed E-state index contributed by atoms with van der Waals surface area (Å²) < 4.78 is 33.1. The third kappa shape index (κ3) is 5.25. The van der Waals surface area contributed by atoms with E-state index in [-0.39, 0.29) is 23.7 Å². The first kappa shape index (κ1) is 19.7. The molecule has 3 rings (SSSR count). The van der Waals surface area contributed by atoms with Gasteiger partial charge < -0.3 is 10.1 Å². The number of hydrogen-bond donors (Lipinski definition) is 1. The first-order valence-corrected chi connectivity index (χ1v) is 11.4. The fourth-order valence-corrected chi connectivity index (χ4v) is 5.30. The third-order valence-electron chi connectivity index (χ3n) is 4.87. The topological polar surface area (TPSA) is 88.6 Å². The predicted molar refractivity (Wildman–Crippen MR) is 102 cm³/mol. The van der Waals surface area contributed by atoms with E-state index in [1.54, 1.807) is 12.3 Å². The van der Waals surface area contributed by atoms with Gasteiger partial charge in [-0.3, -0.25) is 4.79 Å². The van der Waals surface area contributed by atoms with Crippen molar-refractivity contribution in [2.45, 2.75) is 38.2 Å². The molecule has 1 aromatic heterocycles. The van der Waals surface area contributed by atoms with Gasteiger partial charge in [0.25, 0.3) is 0 Å². The van der Waals surface area contributed by atoms with Crippen LogP contribution in [-0.2, 0) is 19.6 Å². The zero-order chi connectivity index (χ0) is 18.6. The van der Waals surface area contributed by atoms with Crippen LogP contribution in [0.15, 0.2) is 22.8 Å². The summed E-state index contributed by atoms with van der Waals surface area (Å²) in [5, 5.41) is 2.80. The van der Waals surface area contributed by atoms with Crippen molar-refractivity contribution in [3.63, 3.8) is 0 Å². The van der Waals surface area contributed by atoms with E-state index in [9.17, 15) is 13.2 Å². The molecular formula is C17H24BrN3O4S. The highest BCUT2D eigenvalue weighted by molar-refractivity contribution is 9.10. The molecule has 2 aliphatic rings.